The average molecular weight is 330 g/mol. The first-order valence-electron chi connectivity index (χ1n) is 8.94. The zero-order chi connectivity index (χ0) is 17.6. The van der Waals surface area contributed by atoms with E-state index < -0.39 is 0 Å². The molecule has 0 aliphatic heterocycles. The minimum Gasteiger partial charge on any atom is -0.508 e. The minimum absolute atomic E-state index is 0.115. The quantitative estimate of drug-likeness (QED) is 0.680. The van der Waals surface area contributed by atoms with Crippen LogP contribution in [0.2, 0.25) is 0 Å². The zero-order valence-corrected chi connectivity index (χ0v) is 15.1. The van der Waals surface area contributed by atoms with Crippen molar-refractivity contribution < 1.29 is 9.90 Å². The molecule has 132 valence electrons. The van der Waals surface area contributed by atoms with Gasteiger partial charge in [0, 0.05) is 18.2 Å². The number of phenolic OH excluding ortho intramolecular Hbond substituents is 1. The van der Waals surface area contributed by atoms with Crippen LogP contribution in [0.5, 0.6) is 5.75 Å². The van der Waals surface area contributed by atoms with Crippen LogP contribution >= 0.6 is 0 Å². The Labute approximate surface area is 144 Å². The van der Waals surface area contributed by atoms with E-state index in [-0.39, 0.29) is 17.2 Å². The highest BCUT2D eigenvalue weighted by atomic mass is 16.3. The number of phenols is 1. The van der Waals surface area contributed by atoms with E-state index in [0.717, 1.165) is 5.92 Å². The average Bonchev–Trinajstić information content (AvgIpc) is 2.36. The molecule has 2 unspecified atom stereocenters. The molecule has 24 heavy (non-hydrogen) atoms. The maximum Gasteiger partial charge on any atom is 0.221 e. The van der Waals surface area contributed by atoms with Crippen LogP contribution in [0.1, 0.15) is 59.3 Å². The van der Waals surface area contributed by atoms with Crippen molar-refractivity contribution >= 4 is 11.6 Å². The van der Waals surface area contributed by atoms with Crippen LogP contribution in [-0.4, -0.2) is 16.6 Å². The molecule has 4 aliphatic carbocycles. The standard InChI is InChI=1S/C12H21N.C8H9NO2/c1-10-3-9-4-11(2,6-10)8-12(13,5-9)7-10;1-6(10)9-7-2-4-8(11)5-3-7/h9H,3-8,13H2,1-2H3;2-5,11H,1H3,(H,9,10). The number of carbonyl (C=O) groups excluding carboxylic acids is 1. The second kappa shape index (κ2) is 5.76. The SMILES string of the molecule is CC(=O)Nc1ccc(O)cc1.CC12CC3CC(C)(C1)CC(N)(C3)C2. The fourth-order valence-electron chi connectivity index (χ4n) is 6.28. The molecule has 4 aliphatic rings. The van der Waals surface area contributed by atoms with Crippen LogP contribution in [0.15, 0.2) is 24.3 Å². The van der Waals surface area contributed by atoms with Crippen LogP contribution in [0, 0.1) is 16.7 Å². The molecule has 0 heterocycles. The summed E-state index contributed by atoms with van der Waals surface area (Å²) in [4.78, 5) is 10.5. The first-order chi connectivity index (χ1) is 11.1. The van der Waals surface area contributed by atoms with Crippen molar-refractivity contribution in [3.05, 3.63) is 24.3 Å². The van der Waals surface area contributed by atoms with E-state index in [1.165, 1.54) is 57.6 Å². The lowest BCUT2D eigenvalue weighted by molar-refractivity contribution is -0.114. The van der Waals surface area contributed by atoms with Crippen molar-refractivity contribution in [2.24, 2.45) is 22.5 Å². The van der Waals surface area contributed by atoms with Gasteiger partial charge in [-0.25, -0.2) is 0 Å². The topological polar surface area (TPSA) is 75.3 Å². The number of nitrogens with two attached hydrogens (primary N) is 1. The van der Waals surface area contributed by atoms with Gasteiger partial charge in [0.1, 0.15) is 5.75 Å². The summed E-state index contributed by atoms with van der Waals surface area (Å²) in [5.74, 6) is 1.03. The summed E-state index contributed by atoms with van der Waals surface area (Å²) in [5.41, 5.74) is 8.61. The normalized spacial score (nSPS) is 39.1. The second-order valence-corrected chi connectivity index (χ2v) is 9.22. The van der Waals surface area contributed by atoms with Gasteiger partial charge in [-0.2, -0.15) is 0 Å². The smallest absolute Gasteiger partial charge is 0.221 e. The van der Waals surface area contributed by atoms with E-state index in [1.54, 1.807) is 12.1 Å². The highest BCUT2D eigenvalue weighted by Crippen LogP contribution is 2.65. The Morgan fingerprint density at radius 3 is 2.04 bits per heavy atom. The summed E-state index contributed by atoms with van der Waals surface area (Å²) in [6, 6.07) is 6.31. The molecule has 1 amide bonds. The van der Waals surface area contributed by atoms with Gasteiger partial charge in [-0.15, -0.1) is 0 Å². The second-order valence-electron chi connectivity index (χ2n) is 9.22. The van der Waals surface area contributed by atoms with E-state index in [4.69, 9.17) is 10.8 Å². The number of carbonyl (C=O) groups is 1. The number of nitrogens with one attached hydrogen (secondary N) is 1. The Balaban J connectivity index is 0.000000144. The lowest BCUT2D eigenvalue weighted by atomic mass is 9.43. The molecule has 0 aromatic heterocycles. The number of anilines is 1. The number of aromatic hydroxyl groups is 1. The molecule has 4 heteroatoms. The largest absolute Gasteiger partial charge is 0.508 e. The van der Waals surface area contributed by atoms with Crippen LogP contribution < -0.4 is 11.1 Å². The van der Waals surface area contributed by atoms with Crippen LogP contribution in [0.25, 0.3) is 0 Å². The summed E-state index contributed by atoms with van der Waals surface area (Å²) >= 11 is 0. The van der Waals surface area contributed by atoms with Gasteiger partial charge in [-0.1, -0.05) is 13.8 Å². The van der Waals surface area contributed by atoms with Crippen molar-refractivity contribution in [3.63, 3.8) is 0 Å². The number of rotatable bonds is 1. The summed E-state index contributed by atoms with van der Waals surface area (Å²) in [6.45, 7) is 6.38. The van der Waals surface area contributed by atoms with E-state index in [2.05, 4.69) is 19.2 Å². The fraction of sp³-hybridized carbons (Fsp3) is 0.650. The summed E-state index contributed by atoms with van der Waals surface area (Å²) in [6.07, 6.45) is 8.27. The first kappa shape index (κ1) is 17.3. The molecule has 4 nitrogen and oxygen atoms in total. The first-order valence-corrected chi connectivity index (χ1v) is 8.94. The van der Waals surface area contributed by atoms with Crippen LogP contribution in [0.3, 0.4) is 0 Å². The van der Waals surface area contributed by atoms with Crippen LogP contribution in [-0.2, 0) is 4.79 Å². The molecular weight excluding hydrogens is 300 g/mol. The molecule has 1 aromatic rings. The molecule has 1 aromatic carbocycles. The van der Waals surface area contributed by atoms with Crippen molar-refractivity contribution in [2.75, 3.05) is 5.32 Å². The number of benzene rings is 1. The Kier molecular flexibility index (Phi) is 4.15. The molecule has 5 rings (SSSR count). The molecule has 4 saturated carbocycles. The van der Waals surface area contributed by atoms with Gasteiger partial charge in [0.05, 0.1) is 0 Å². The Hall–Kier alpha value is -1.55. The summed E-state index contributed by atoms with van der Waals surface area (Å²) in [5, 5.41) is 11.5. The Morgan fingerprint density at radius 1 is 1.08 bits per heavy atom. The lowest BCUT2D eigenvalue weighted by Crippen LogP contribution is -2.62. The van der Waals surface area contributed by atoms with Gasteiger partial charge >= 0.3 is 0 Å². The van der Waals surface area contributed by atoms with E-state index in [1.807, 2.05) is 0 Å². The van der Waals surface area contributed by atoms with E-state index >= 15 is 0 Å². The fourth-order valence-corrected chi connectivity index (χ4v) is 6.28. The van der Waals surface area contributed by atoms with Gasteiger partial charge in [0.2, 0.25) is 5.91 Å². The molecule has 2 atom stereocenters. The third-order valence-electron chi connectivity index (χ3n) is 5.86. The van der Waals surface area contributed by atoms with Crippen molar-refractivity contribution in [3.8, 4) is 5.75 Å². The summed E-state index contributed by atoms with van der Waals surface area (Å²) in [7, 11) is 0. The molecular formula is C20H30N2O2. The van der Waals surface area contributed by atoms with Crippen molar-refractivity contribution in [1.29, 1.82) is 0 Å². The molecule has 0 saturated heterocycles. The molecule has 4 N–H and O–H groups in total. The summed E-state index contributed by atoms with van der Waals surface area (Å²) < 4.78 is 0. The number of amides is 1. The molecule has 4 bridgehead atoms. The molecule has 0 spiro atoms. The number of hydrogen-bond acceptors (Lipinski definition) is 3. The number of hydrogen-bond donors (Lipinski definition) is 3. The van der Waals surface area contributed by atoms with Gasteiger partial charge in [-0.05, 0) is 79.5 Å². The lowest BCUT2D eigenvalue weighted by Gasteiger charge is -2.64. The Bertz CT molecular complexity index is 574. The van der Waals surface area contributed by atoms with Gasteiger partial charge < -0.3 is 16.2 Å². The highest BCUT2D eigenvalue weighted by molar-refractivity contribution is 5.88. The minimum atomic E-state index is -0.115. The third-order valence-corrected chi connectivity index (χ3v) is 5.86. The van der Waals surface area contributed by atoms with Crippen molar-refractivity contribution in [1.82, 2.24) is 0 Å². The molecule has 0 radical (unpaired) electrons. The maximum atomic E-state index is 10.5. The van der Waals surface area contributed by atoms with Gasteiger partial charge in [-0.3, -0.25) is 4.79 Å². The zero-order valence-electron chi connectivity index (χ0n) is 15.1. The Morgan fingerprint density at radius 2 is 1.62 bits per heavy atom. The predicted octanol–water partition coefficient (Wildman–Crippen LogP) is 4.04. The van der Waals surface area contributed by atoms with Crippen LogP contribution in [0.4, 0.5) is 5.69 Å². The van der Waals surface area contributed by atoms with Gasteiger partial charge in [0.25, 0.3) is 0 Å². The predicted molar refractivity (Wildman–Crippen MR) is 96.7 cm³/mol. The highest BCUT2D eigenvalue weighted by Gasteiger charge is 2.58. The molecule has 4 fully saturated rings. The monoisotopic (exact) mass is 330 g/mol. The third kappa shape index (κ3) is 3.75. The van der Waals surface area contributed by atoms with Gasteiger partial charge in [0.15, 0.2) is 0 Å². The maximum absolute atomic E-state index is 10.5. The van der Waals surface area contributed by atoms with E-state index in [0.29, 0.717) is 16.5 Å². The van der Waals surface area contributed by atoms with E-state index in [9.17, 15) is 4.79 Å². The van der Waals surface area contributed by atoms with Crippen molar-refractivity contribution in [2.45, 2.75) is 64.8 Å².